The molecule has 0 amide bonds. The second kappa shape index (κ2) is 10.0. The van der Waals surface area contributed by atoms with Crippen molar-refractivity contribution in [3.8, 4) is 5.75 Å². The van der Waals surface area contributed by atoms with Gasteiger partial charge in [0.05, 0.1) is 6.61 Å². The summed E-state index contributed by atoms with van der Waals surface area (Å²) in [4.78, 5) is 0. The Balaban J connectivity index is 1.92. The van der Waals surface area contributed by atoms with Gasteiger partial charge in [0.15, 0.2) is 17.4 Å². The molecule has 2 rings (SSSR count). The predicted octanol–water partition coefficient (Wildman–Crippen LogP) is 7.00. The molecule has 0 saturated heterocycles. The van der Waals surface area contributed by atoms with E-state index < -0.39 is 11.6 Å². The van der Waals surface area contributed by atoms with Gasteiger partial charge in [0, 0.05) is 0 Å². The topological polar surface area (TPSA) is 9.23 Å². The van der Waals surface area contributed by atoms with Crippen molar-refractivity contribution >= 4 is 0 Å². The lowest BCUT2D eigenvalue weighted by Crippen LogP contribution is -2.14. The van der Waals surface area contributed by atoms with Gasteiger partial charge in [-0.05, 0) is 61.6 Å². The Bertz CT molecular complexity index is 470. The molecule has 0 aliphatic heterocycles. The third-order valence-electron chi connectivity index (χ3n) is 5.30. The van der Waals surface area contributed by atoms with Gasteiger partial charge in [0.25, 0.3) is 0 Å². The lowest BCUT2D eigenvalue weighted by Gasteiger charge is -2.29. The smallest absolute Gasteiger partial charge is 0.190 e. The molecule has 3 heteroatoms. The van der Waals surface area contributed by atoms with Crippen LogP contribution in [0.5, 0.6) is 5.75 Å². The Hall–Kier alpha value is -1.12. The van der Waals surface area contributed by atoms with E-state index in [9.17, 15) is 8.78 Å². The first-order chi connectivity index (χ1) is 11.7. The standard InChI is InChI=1S/C21H32F2O/c1-3-5-7-13-24-21-19(22)14-18(15-20(21)23)17-11-9-16(10-12-17)8-6-4-2/h14-17H,3-13H2,1-2H3. The molecule has 0 unspecified atom stereocenters. The monoisotopic (exact) mass is 338 g/mol. The Morgan fingerprint density at radius 2 is 1.54 bits per heavy atom. The maximum absolute atomic E-state index is 14.3. The van der Waals surface area contributed by atoms with Crippen molar-refractivity contribution in [1.82, 2.24) is 0 Å². The zero-order chi connectivity index (χ0) is 17.4. The van der Waals surface area contributed by atoms with Crippen molar-refractivity contribution in [2.45, 2.75) is 84.0 Å². The second-order valence-corrected chi connectivity index (χ2v) is 7.23. The van der Waals surface area contributed by atoms with Crippen molar-refractivity contribution in [1.29, 1.82) is 0 Å². The van der Waals surface area contributed by atoms with Crippen LogP contribution in [0.1, 0.15) is 89.5 Å². The molecule has 0 bridgehead atoms. The summed E-state index contributed by atoms with van der Waals surface area (Å²) in [6.45, 7) is 4.69. The highest BCUT2D eigenvalue weighted by Gasteiger charge is 2.24. The highest BCUT2D eigenvalue weighted by atomic mass is 19.1. The second-order valence-electron chi connectivity index (χ2n) is 7.23. The van der Waals surface area contributed by atoms with Crippen LogP contribution in [0.2, 0.25) is 0 Å². The Morgan fingerprint density at radius 1 is 0.917 bits per heavy atom. The quantitative estimate of drug-likeness (QED) is 0.440. The molecule has 0 N–H and O–H groups in total. The Labute approximate surface area is 145 Å². The van der Waals surface area contributed by atoms with Crippen LogP contribution in [0.25, 0.3) is 0 Å². The van der Waals surface area contributed by atoms with Gasteiger partial charge < -0.3 is 4.74 Å². The lowest BCUT2D eigenvalue weighted by atomic mass is 9.77. The van der Waals surface area contributed by atoms with Crippen LogP contribution in [-0.4, -0.2) is 6.61 Å². The van der Waals surface area contributed by atoms with Crippen LogP contribution in [0.15, 0.2) is 12.1 Å². The fourth-order valence-corrected chi connectivity index (χ4v) is 3.76. The first-order valence-corrected chi connectivity index (χ1v) is 9.77. The van der Waals surface area contributed by atoms with E-state index in [4.69, 9.17) is 4.74 Å². The highest BCUT2D eigenvalue weighted by Crippen LogP contribution is 2.39. The van der Waals surface area contributed by atoms with Gasteiger partial charge >= 0.3 is 0 Å². The average Bonchev–Trinajstić information content (AvgIpc) is 2.59. The molecule has 1 aromatic rings. The van der Waals surface area contributed by atoms with Crippen LogP contribution in [-0.2, 0) is 0 Å². The van der Waals surface area contributed by atoms with Gasteiger partial charge in [-0.15, -0.1) is 0 Å². The van der Waals surface area contributed by atoms with Gasteiger partial charge in [-0.1, -0.05) is 46.0 Å². The number of hydrogen-bond acceptors (Lipinski definition) is 1. The molecule has 0 radical (unpaired) electrons. The van der Waals surface area contributed by atoms with Gasteiger partial charge in [-0.25, -0.2) is 8.78 Å². The Morgan fingerprint density at radius 3 is 2.12 bits per heavy atom. The number of unbranched alkanes of at least 4 members (excludes halogenated alkanes) is 3. The van der Waals surface area contributed by atoms with E-state index in [-0.39, 0.29) is 5.75 Å². The summed E-state index contributed by atoms with van der Waals surface area (Å²) >= 11 is 0. The lowest BCUT2D eigenvalue weighted by molar-refractivity contribution is 0.274. The maximum atomic E-state index is 14.3. The van der Waals surface area contributed by atoms with Crippen LogP contribution >= 0.6 is 0 Å². The molecule has 1 aliphatic carbocycles. The summed E-state index contributed by atoms with van der Waals surface area (Å²) < 4.78 is 33.8. The summed E-state index contributed by atoms with van der Waals surface area (Å²) in [6.07, 6.45) is 11.2. The SMILES string of the molecule is CCCCCOc1c(F)cc(C2CCC(CCCC)CC2)cc1F. The predicted molar refractivity (Wildman–Crippen MR) is 95.6 cm³/mol. The minimum absolute atomic E-state index is 0.202. The van der Waals surface area contributed by atoms with Crippen molar-refractivity contribution < 1.29 is 13.5 Å². The molecule has 1 aromatic carbocycles. The van der Waals surface area contributed by atoms with E-state index in [0.717, 1.165) is 43.6 Å². The maximum Gasteiger partial charge on any atom is 0.190 e. The zero-order valence-corrected chi connectivity index (χ0v) is 15.3. The van der Waals surface area contributed by atoms with Gasteiger partial charge in [0.1, 0.15) is 0 Å². The summed E-state index contributed by atoms with van der Waals surface area (Å²) in [7, 11) is 0. The minimum Gasteiger partial charge on any atom is -0.488 e. The van der Waals surface area contributed by atoms with Gasteiger partial charge in [0.2, 0.25) is 0 Å². The Kier molecular flexibility index (Phi) is 8.01. The van der Waals surface area contributed by atoms with Crippen LogP contribution in [0.3, 0.4) is 0 Å². The molecular weight excluding hydrogens is 306 g/mol. The molecular formula is C21H32F2O. The van der Waals surface area contributed by atoms with Crippen molar-refractivity contribution in [3.63, 3.8) is 0 Å². The third-order valence-corrected chi connectivity index (χ3v) is 5.30. The largest absolute Gasteiger partial charge is 0.488 e. The summed E-state index contributed by atoms with van der Waals surface area (Å²) in [6, 6.07) is 2.99. The fraction of sp³-hybridized carbons (Fsp3) is 0.714. The molecule has 0 aromatic heterocycles. The number of hydrogen-bond donors (Lipinski definition) is 0. The summed E-state index contributed by atoms with van der Waals surface area (Å²) in [5.74, 6) is -0.200. The molecule has 0 atom stereocenters. The summed E-state index contributed by atoms with van der Waals surface area (Å²) in [5.41, 5.74) is 0.805. The van der Waals surface area contributed by atoms with E-state index in [1.807, 2.05) is 0 Å². The van der Waals surface area contributed by atoms with E-state index in [1.165, 1.54) is 44.2 Å². The molecule has 0 heterocycles. The zero-order valence-electron chi connectivity index (χ0n) is 15.3. The van der Waals surface area contributed by atoms with Crippen molar-refractivity contribution in [2.24, 2.45) is 5.92 Å². The molecule has 1 nitrogen and oxygen atoms in total. The fourth-order valence-electron chi connectivity index (χ4n) is 3.76. The molecule has 0 spiro atoms. The molecule has 1 aliphatic rings. The number of ether oxygens (including phenoxy) is 1. The van der Waals surface area contributed by atoms with Crippen LogP contribution < -0.4 is 4.74 Å². The first-order valence-electron chi connectivity index (χ1n) is 9.77. The number of rotatable bonds is 9. The minimum atomic E-state index is -0.547. The highest BCUT2D eigenvalue weighted by molar-refractivity contribution is 5.33. The molecule has 24 heavy (non-hydrogen) atoms. The van der Waals surface area contributed by atoms with E-state index >= 15 is 0 Å². The average molecular weight is 338 g/mol. The van der Waals surface area contributed by atoms with Crippen molar-refractivity contribution in [2.75, 3.05) is 6.61 Å². The van der Waals surface area contributed by atoms with Gasteiger partial charge in [-0.2, -0.15) is 0 Å². The summed E-state index contributed by atoms with van der Waals surface area (Å²) in [5, 5.41) is 0. The molecule has 1 saturated carbocycles. The van der Waals surface area contributed by atoms with E-state index in [1.54, 1.807) is 0 Å². The van der Waals surface area contributed by atoms with E-state index in [0.29, 0.717) is 12.5 Å². The number of halogens is 2. The van der Waals surface area contributed by atoms with Crippen LogP contribution in [0.4, 0.5) is 8.78 Å². The van der Waals surface area contributed by atoms with Crippen molar-refractivity contribution in [3.05, 3.63) is 29.3 Å². The first kappa shape index (κ1) is 19.2. The van der Waals surface area contributed by atoms with Gasteiger partial charge in [-0.3, -0.25) is 0 Å². The number of benzene rings is 1. The van der Waals surface area contributed by atoms with E-state index in [2.05, 4.69) is 13.8 Å². The van der Waals surface area contributed by atoms with Crippen LogP contribution in [0, 0.1) is 17.6 Å². The molecule has 136 valence electrons. The third kappa shape index (κ3) is 5.46. The normalized spacial score (nSPS) is 21.0. The molecule has 1 fully saturated rings.